The minimum absolute atomic E-state index is 0.0141. The van der Waals surface area contributed by atoms with Crippen molar-refractivity contribution < 1.29 is 14.3 Å². The first-order chi connectivity index (χ1) is 17.1. The average molecular weight is 473 g/mol. The topological polar surface area (TPSA) is 74.8 Å². The molecule has 1 N–H and O–H groups in total. The first kappa shape index (κ1) is 23.3. The van der Waals surface area contributed by atoms with Crippen LogP contribution in [-0.4, -0.2) is 60.9 Å². The van der Waals surface area contributed by atoms with E-state index in [9.17, 15) is 9.59 Å². The van der Waals surface area contributed by atoms with Crippen LogP contribution in [0.2, 0.25) is 0 Å². The van der Waals surface area contributed by atoms with E-state index in [1.54, 1.807) is 6.92 Å². The van der Waals surface area contributed by atoms with E-state index >= 15 is 0 Å². The summed E-state index contributed by atoms with van der Waals surface area (Å²) in [5.74, 6) is 1.33. The summed E-state index contributed by atoms with van der Waals surface area (Å²) in [5.41, 5.74) is 2.96. The van der Waals surface area contributed by atoms with Crippen molar-refractivity contribution in [2.24, 2.45) is 0 Å². The highest BCUT2D eigenvalue weighted by Crippen LogP contribution is 2.32. The number of nitrogens with one attached hydrogen (secondary N) is 1. The fraction of sp³-hybridized carbons (Fsp3) is 0.393. The summed E-state index contributed by atoms with van der Waals surface area (Å²) in [7, 11) is 0. The van der Waals surface area contributed by atoms with Gasteiger partial charge in [-0.05, 0) is 55.8 Å². The Hall–Kier alpha value is -3.45. The van der Waals surface area contributed by atoms with Gasteiger partial charge in [-0.15, -0.1) is 0 Å². The summed E-state index contributed by atoms with van der Waals surface area (Å²) in [6, 6.07) is 16.2. The maximum atomic E-state index is 12.3. The Balaban J connectivity index is 1.10. The van der Waals surface area contributed by atoms with E-state index in [1.807, 2.05) is 36.4 Å². The number of unbranched alkanes of at least 4 members (excludes halogenated alkanes) is 1. The molecular formula is C28H32N4O3. The van der Waals surface area contributed by atoms with Crippen molar-refractivity contribution in [3.63, 3.8) is 0 Å². The summed E-state index contributed by atoms with van der Waals surface area (Å²) < 4.78 is 5.83. The second-order valence-corrected chi connectivity index (χ2v) is 9.33. The van der Waals surface area contributed by atoms with Gasteiger partial charge in [-0.3, -0.25) is 14.5 Å². The number of carbonyl (C=O) groups excluding carboxylic acids is 2. The maximum absolute atomic E-state index is 12.3. The summed E-state index contributed by atoms with van der Waals surface area (Å²) >= 11 is 0. The number of aryl methyl sites for hydroxylation is 1. The zero-order valence-corrected chi connectivity index (χ0v) is 20.3. The molecular weight excluding hydrogens is 440 g/mol. The highest BCUT2D eigenvalue weighted by Gasteiger charge is 2.22. The third-order valence-electron chi connectivity index (χ3n) is 6.92. The van der Waals surface area contributed by atoms with Gasteiger partial charge in [-0.1, -0.05) is 30.3 Å². The van der Waals surface area contributed by atoms with Gasteiger partial charge in [0.2, 0.25) is 11.8 Å². The Kier molecular flexibility index (Phi) is 6.95. The van der Waals surface area contributed by atoms with Gasteiger partial charge in [0.25, 0.3) is 0 Å². The van der Waals surface area contributed by atoms with Gasteiger partial charge in [-0.25, -0.2) is 0 Å². The first-order valence-corrected chi connectivity index (χ1v) is 12.5. The molecule has 0 radical (unpaired) electrons. The summed E-state index contributed by atoms with van der Waals surface area (Å²) in [5, 5.41) is 5.15. The SMILES string of the molecule is CC(=O)c1ccc2ccccc2c1N1CCN(CCCCOc2ccc3c(n2)NC(=O)CC3)CC1. The van der Waals surface area contributed by atoms with Crippen LogP contribution < -0.4 is 15.0 Å². The smallest absolute Gasteiger partial charge is 0.225 e. The number of carbonyl (C=O) groups is 2. The van der Waals surface area contributed by atoms with Crippen LogP contribution in [0, 0.1) is 0 Å². The van der Waals surface area contributed by atoms with E-state index in [-0.39, 0.29) is 11.7 Å². The van der Waals surface area contributed by atoms with Crippen LogP contribution in [0.4, 0.5) is 11.5 Å². The molecule has 2 aliphatic heterocycles. The van der Waals surface area contributed by atoms with Crippen molar-refractivity contribution in [3.8, 4) is 5.88 Å². The number of amides is 1. The molecule has 7 nitrogen and oxygen atoms in total. The number of benzene rings is 2. The molecule has 3 heterocycles. The predicted molar refractivity (Wildman–Crippen MR) is 139 cm³/mol. The number of anilines is 2. The molecule has 2 aromatic carbocycles. The van der Waals surface area contributed by atoms with Crippen LogP contribution in [0.5, 0.6) is 5.88 Å². The molecule has 1 amide bonds. The van der Waals surface area contributed by atoms with Crippen LogP contribution in [-0.2, 0) is 11.2 Å². The quantitative estimate of drug-likeness (QED) is 0.389. The number of piperazine rings is 1. The van der Waals surface area contributed by atoms with E-state index in [0.29, 0.717) is 24.7 Å². The third-order valence-corrected chi connectivity index (χ3v) is 6.92. The number of fused-ring (bicyclic) bond motifs is 2. The lowest BCUT2D eigenvalue weighted by Gasteiger charge is -2.37. The lowest BCUT2D eigenvalue weighted by molar-refractivity contribution is -0.116. The van der Waals surface area contributed by atoms with E-state index < -0.39 is 0 Å². The molecule has 182 valence electrons. The van der Waals surface area contributed by atoms with E-state index in [1.165, 1.54) is 5.39 Å². The normalized spacial score (nSPS) is 16.1. The van der Waals surface area contributed by atoms with Crippen molar-refractivity contribution in [3.05, 3.63) is 59.7 Å². The largest absolute Gasteiger partial charge is 0.478 e. The molecule has 0 aliphatic carbocycles. The number of nitrogens with zero attached hydrogens (tertiary/aromatic N) is 3. The number of Topliss-reactive ketones (excluding diaryl/α,β-unsaturated/α-hetero) is 1. The van der Waals surface area contributed by atoms with Crippen LogP contribution in [0.3, 0.4) is 0 Å². The van der Waals surface area contributed by atoms with Crippen molar-refractivity contribution in [1.29, 1.82) is 0 Å². The molecule has 0 saturated carbocycles. The second kappa shape index (κ2) is 10.4. The Bertz CT molecular complexity index is 1230. The zero-order valence-electron chi connectivity index (χ0n) is 20.3. The summed E-state index contributed by atoms with van der Waals surface area (Å²) in [4.78, 5) is 33.2. The molecule has 3 aromatic rings. The number of ketones is 1. The lowest BCUT2D eigenvalue weighted by Crippen LogP contribution is -2.47. The van der Waals surface area contributed by atoms with Crippen LogP contribution in [0.1, 0.15) is 42.1 Å². The number of pyridine rings is 1. The monoisotopic (exact) mass is 472 g/mol. The van der Waals surface area contributed by atoms with Gasteiger partial charge in [0.1, 0.15) is 5.82 Å². The fourth-order valence-electron chi connectivity index (χ4n) is 4.99. The highest BCUT2D eigenvalue weighted by molar-refractivity contribution is 6.08. The second-order valence-electron chi connectivity index (χ2n) is 9.33. The molecule has 1 saturated heterocycles. The van der Waals surface area contributed by atoms with E-state index in [0.717, 1.165) is 74.2 Å². The van der Waals surface area contributed by atoms with Crippen molar-refractivity contribution >= 4 is 34.0 Å². The molecule has 0 spiro atoms. The minimum Gasteiger partial charge on any atom is -0.478 e. The van der Waals surface area contributed by atoms with Crippen molar-refractivity contribution in [2.75, 3.05) is 49.5 Å². The lowest BCUT2D eigenvalue weighted by atomic mass is 10.00. The van der Waals surface area contributed by atoms with Gasteiger partial charge in [0.15, 0.2) is 5.78 Å². The Morgan fingerprint density at radius 3 is 2.66 bits per heavy atom. The Labute approximate surface area is 206 Å². The molecule has 35 heavy (non-hydrogen) atoms. The minimum atomic E-state index is 0.0141. The van der Waals surface area contributed by atoms with Crippen LogP contribution in [0.15, 0.2) is 48.5 Å². The predicted octanol–water partition coefficient (Wildman–Crippen LogP) is 4.30. The fourth-order valence-corrected chi connectivity index (χ4v) is 4.99. The van der Waals surface area contributed by atoms with Gasteiger partial charge in [0.05, 0.1) is 12.3 Å². The highest BCUT2D eigenvalue weighted by atomic mass is 16.5. The van der Waals surface area contributed by atoms with E-state index in [2.05, 4.69) is 32.2 Å². The van der Waals surface area contributed by atoms with Crippen LogP contribution in [0.25, 0.3) is 10.8 Å². The molecule has 7 heteroatoms. The molecule has 2 aliphatic rings. The molecule has 0 bridgehead atoms. The third kappa shape index (κ3) is 5.30. The average Bonchev–Trinajstić information content (AvgIpc) is 2.88. The van der Waals surface area contributed by atoms with Gasteiger partial charge >= 0.3 is 0 Å². The number of ether oxygens (including phenoxy) is 1. The molecule has 1 fully saturated rings. The number of hydrogen-bond donors (Lipinski definition) is 1. The summed E-state index contributed by atoms with van der Waals surface area (Å²) in [6.07, 6.45) is 3.25. The van der Waals surface area contributed by atoms with Crippen molar-refractivity contribution in [1.82, 2.24) is 9.88 Å². The Morgan fingerprint density at radius 1 is 1.00 bits per heavy atom. The van der Waals surface area contributed by atoms with Gasteiger partial charge in [0, 0.05) is 49.6 Å². The first-order valence-electron chi connectivity index (χ1n) is 12.5. The molecule has 0 unspecified atom stereocenters. The molecule has 0 atom stereocenters. The number of hydrogen-bond acceptors (Lipinski definition) is 6. The maximum Gasteiger partial charge on any atom is 0.225 e. The van der Waals surface area contributed by atoms with E-state index in [4.69, 9.17) is 4.74 Å². The standard InChI is InChI=1S/C28H32N4O3/c1-20(33)23-11-8-21-6-2-3-7-24(21)27(23)32-17-15-31(16-18-32)14-4-5-19-35-26-13-10-22-9-12-25(34)29-28(22)30-26/h2-3,6-8,10-11,13H,4-5,9,12,14-19H2,1H3,(H,29,30,34). The summed E-state index contributed by atoms with van der Waals surface area (Å²) in [6.45, 7) is 7.07. The number of aromatic nitrogens is 1. The zero-order chi connectivity index (χ0) is 24.2. The molecule has 1 aromatic heterocycles. The van der Waals surface area contributed by atoms with Crippen LogP contribution >= 0.6 is 0 Å². The Morgan fingerprint density at radius 2 is 1.83 bits per heavy atom. The van der Waals surface area contributed by atoms with Crippen molar-refractivity contribution in [2.45, 2.75) is 32.6 Å². The van der Waals surface area contributed by atoms with Gasteiger partial charge in [-0.2, -0.15) is 4.98 Å². The number of rotatable bonds is 8. The molecule has 5 rings (SSSR count). The van der Waals surface area contributed by atoms with Gasteiger partial charge < -0.3 is 15.0 Å².